The van der Waals surface area contributed by atoms with Crippen molar-refractivity contribution in [2.75, 3.05) is 0 Å². The smallest absolute Gasteiger partial charge is 0.147 e. The molecule has 0 aromatic carbocycles. The standard InChI is InChI=1S/C14H24N4/c15-10-13-16-17-14(18(13)12-8-9-12)11-6-4-2-1-3-5-7-11/h11-12H,1-10,15H2. The summed E-state index contributed by atoms with van der Waals surface area (Å²) in [5.41, 5.74) is 5.79. The van der Waals surface area contributed by atoms with Gasteiger partial charge in [-0.1, -0.05) is 32.1 Å². The van der Waals surface area contributed by atoms with Crippen molar-refractivity contribution in [3.05, 3.63) is 11.6 Å². The van der Waals surface area contributed by atoms with Crippen molar-refractivity contribution >= 4 is 0 Å². The van der Waals surface area contributed by atoms with E-state index in [-0.39, 0.29) is 0 Å². The van der Waals surface area contributed by atoms with Crippen LogP contribution in [0.1, 0.15) is 81.4 Å². The first-order chi connectivity index (χ1) is 8.90. The Bertz CT molecular complexity index is 386. The van der Waals surface area contributed by atoms with Crippen LogP contribution in [0.2, 0.25) is 0 Å². The van der Waals surface area contributed by atoms with E-state index in [2.05, 4.69) is 14.8 Å². The molecule has 2 saturated carbocycles. The second kappa shape index (κ2) is 5.39. The van der Waals surface area contributed by atoms with Gasteiger partial charge in [0.05, 0.1) is 6.54 Å². The Labute approximate surface area is 109 Å². The normalized spacial score (nSPS) is 22.7. The maximum absolute atomic E-state index is 5.79. The van der Waals surface area contributed by atoms with Gasteiger partial charge in [0.25, 0.3) is 0 Å². The van der Waals surface area contributed by atoms with Gasteiger partial charge in [0, 0.05) is 12.0 Å². The van der Waals surface area contributed by atoms with Crippen LogP contribution >= 0.6 is 0 Å². The lowest BCUT2D eigenvalue weighted by molar-refractivity contribution is 0.428. The lowest BCUT2D eigenvalue weighted by Gasteiger charge is -2.20. The quantitative estimate of drug-likeness (QED) is 0.894. The topological polar surface area (TPSA) is 56.7 Å². The Morgan fingerprint density at radius 2 is 1.61 bits per heavy atom. The van der Waals surface area contributed by atoms with E-state index in [4.69, 9.17) is 5.73 Å². The van der Waals surface area contributed by atoms with E-state index >= 15 is 0 Å². The van der Waals surface area contributed by atoms with Crippen molar-refractivity contribution in [2.45, 2.75) is 76.3 Å². The molecule has 1 aromatic heterocycles. The maximum Gasteiger partial charge on any atom is 0.147 e. The monoisotopic (exact) mass is 248 g/mol. The Kier molecular flexibility index (Phi) is 3.64. The molecule has 0 atom stereocenters. The highest BCUT2D eigenvalue weighted by molar-refractivity contribution is 5.07. The van der Waals surface area contributed by atoms with Gasteiger partial charge >= 0.3 is 0 Å². The molecule has 2 fully saturated rings. The minimum atomic E-state index is 0.524. The first-order valence-corrected chi connectivity index (χ1v) is 7.54. The number of hydrogen-bond donors (Lipinski definition) is 1. The summed E-state index contributed by atoms with van der Waals surface area (Å²) in [5.74, 6) is 2.85. The van der Waals surface area contributed by atoms with E-state index in [1.165, 1.54) is 63.6 Å². The zero-order valence-electron chi connectivity index (χ0n) is 11.1. The third-order valence-corrected chi connectivity index (χ3v) is 4.36. The fourth-order valence-corrected chi connectivity index (χ4v) is 3.20. The predicted molar refractivity (Wildman–Crippen MR) is 71.2 cm³/mol. The first kappa shape index (κ1) is 12.2. The lowest BCUT2D eigenvalue weighted by atomic mass is 9.90. The average molecular weight is 248 g/mol. The van der Waals surface area contributed by atoms with Gasteiger partial charge in [-0.25, -0.2) is 0 Å². The van der Waals surface area contributed by atoms with Crippen molar-refractivity contribution in [3.8, 4) is 0 Å². The van der Waals surface area contributed by atoms with Gasteiger partial charge in [0.1, 0.15) is 11.6 Å². The number of nitrogens with zero attached hydrogens (tertiary/aromatic N) is 3. The third-order valence-electron chi connectivity index (χ3n) is 4.36. The Balaban J connectivity index is 1.82. The number of hydrogen-bond acceptors (Lipinski definition) is 3. The molecule has 1 heterocycles. The largest absolute Gasteiger partial charge is 0.324 e. The van der Waals surface area contributed by atoms with Crippen molar-refractivity contribution < 1.29 is 0 Å². The molecular weight excluding hydrogens is 224 g/mol. The van der Waals surface area contributed by atoms with E-state index in [9.17, 15) is 0 Å². The van der Waals surface area contributed by atoms with Crippen LogP contribution in [-0.4, -0.2) is 14.8 Å². The molecule has 0 radical (unpaired) electrons. The van der Waals surface area contributed by atoms with Gasteiger partial charge in [0.2, 0.25) is 0 Å². The highest BCUT2D eigenvalue weighted by Crippen LogP contribution is 2.40. The van der Waals surface area contributed by atoms with Crippen LogP contribution in [0.3, 0.4) is 0 Å². The first-order valence-electron chi connectivity index (χ1n) is 7.54. The maximum atomic E-state index is 5.79. The predicted octanol–water partition coefficient (Wildman–Crippen LogP) is 2.90. The minimum absolute atomic E-state index is 0.524. The van der Waals surface area contributed by atoms with E-state index in [0.717, 1.165) is 5.82 Å². The summed E-state index contributed by atoms with van der Waals surface area (Å²) < 4.78 is 2.37. The summed E-state index contributed by atoms with van der Waals surface area (Å²) in [5, 5.41) is 8.79. The van der Waals surface area contributed by atoms with E-state index in [0.29, 0.717) is 18.5 Å². The van der Waals surface area contributed by atoms with Crippen LogP contribution in [0.5, 0.6) is 0 Å². The molecule has 0 bridgehead atoms. The number of aromatic nitrogens is 3. The van der Waals surface area contributed by atoms with Gasteiger partial charge in [-0.2, -0.15) is 0 Å². The second-order valence-electron chi connectivity index (χ2n) is 5.82. The summed E-state index contributed by atoms with van der Waals surface area (Å²) >= 11 is 0. The van der Waals surface area contributed by atoms with Gasteiger partial charge < -0.3 is 10.3 Å². The summed E-state index contributed by atoms with van der Waals surface area (Å²) in [4.78, 5) is 0. The van der Waals surface area contributed by atoms with Crippen molar-refractivity contribution in [2.24, 2.45) is 5.73 Å². The molecule has 4 heteroatoms. The second-order valence-corrected chi connectivity index (χ2v) is 5.82. The summed E-state index contributed by atoms with van der Waals surface area (Å²) in [6.45, 7) is 0.524. The lowest BCUT2D eigenvalue weighted by Crippen LogP contribution is -2.13. The van der Waals surface area contributed by atoms with E-state index < -0.39 is 0 Å². The molecular formula is C14H24N4. The summed E-state index contributed by atoms with van der Waals surface area (Å²) in [6, 6.07) is 0.652. The molecule has 18 heavy (non-hydrogen) atoms. The number of rotatable bonds is 3. The Hall–Kier alpha value is -0.900. The zero-order chi connectivity index (χ0) is 12.4. The molecule has 0 aliphatic heterocycles. The molecule has 0 spiro atoms. The van der Waals surface area contributed by atoms with Crippen LogP contribution in [0.25, 0.3) is 0 Å². The average Bonchev–Trinajstić information content (AvgIpc) is 3.09. The van der Waals surface area contributed by atoms with Crippen LogP contribution < -0.4 is 5.73 Å². The summed E-state index contributed by atoms with van der Waals surface area (Å²) in [6.07, 6.45) is 12.0. The minimum Gasteiger partial charge on any atom is -0.324 e. The summed E-state index contributed by atoms with van der Waals surface area (Å²) in [7, 11) is 0. The van der Waals surface area contributed by atoms with Crippen LogP contribution in [-0.2, 0) is 6.54 Å². The molecule has 3 rings (SSSR count). The van der Waals surface area contributed by atoms with Crippen molar-refractivity contribution in [3.63, 3.8) is 0 Å². The molecule has 2 N–H and O–H groups in total. The molecule has 1 aromatic rings. The molecule has 0 amide bonds. The molecule has 100 valence electrons. The Morgan fingerprint density at radius 3 is 2.22 bits per heavy atom. The van der Waals surface area contributed by atoms with Crippen molar-refractivity contribution in [1.82, 2.24) is 14.8 Å². The SMILES string of the molecule is NCc1nnc(C2CCCCCCC2)n1C1CC1. The molecule has 4 nitrogen and oxygen atoms in total. The third kappa shape index (κ3) is 2.44. The van der Waals surface area contributed by atoms with Gasteiger partial charge in [-0.05, 0) is 25.7 Å². The van der Waals surface area contributed by atoms with E-state index in [1.807, 2.05) is 0 Å². The fraction of sp³-hybridized carbons (Fsp3) is 0.857. The van der Waals surface area contributed by atoms with Crippen LogP contribution in [0.15, 0.2) is 0 Å². The number of nitrogens with two attached hydrogens (primary N) is 1. The fourth-order valence-electron chi connectivity index (χ4n) is 3.20. The van der Waals surface area contributed by atoms with Crippen LogP contribution in [0.4, 0.5) is 0 Å². The van der Waals surface area contributed by atoms with E-state index in [1.54, 1.807) is 0 Å². The molecule has 0 saturated heterocycles. The highest BCUT2D eigenvalue weighted by Gasteiger charge is 2.31. The Morgan fingerprint density at radius 1 is 0.944 bits per heavy atom. The molecule has 0 unspecified atom stereocenters. The molecule has 2 aliphatic carbocycles. The van der Waals surface area contributed by atoms with Gasteiger partial charge in [-0.15, -0.1) is 10.2 Å². The van der Waals surface area contributed by atoms with Crippen molar-refractivity contribution in [1.29, 1.82) is 0 Å². The molecule has 2 aliphatic rings. The van der Waals surface area contributed by atoms with Crippen LogP contribution in [0, 0.1) is 0 Å². The zero-order valence-corrected chi connectivity index (χ0v) is 11.1. The van der Waals surface area contributed by atoms with Gasteiger partial charge in [-0.3, -0.25) is 0 Å². The highest BCUT2D eigenvalue weighted by atomic mass is 15.3. The van der Waals surface area contributed by atoms with Gasteiger partial charge in [0.15, 0.2) is 0 Å².